The van der Waals surface area contributed by atoms with Crippen molar-refractivity contribution in [3.05, 3.63) is 0 Å². The van der Waals surface area contributed by atoms with Crippen LogP contribution in [0, 0.1) is 5.92 Å². The fourth-order valence-electron chi connectivity index (χ4n) is 3.53. The Morgan fingerprint density at radius 3 is 2.81 bits per heavy atom. The number of nitrogens with two attached hydrogens (primary N) is 1. The Labute approximate surface area is 99.3 Å². The number of hydrogen-bond donors (Lipinski definition) is 1. The van der Waals surface area contributed by atoms with Crippen molar-refractivity contribution in [3.8, 4) is 0 Å². The minimum absolute atomic E-state index is 0.266. The van der Waals surface area contributed by atoms with Crippen LogP contribution in [0.4, 0.5) is 0 Å². The molecule has 2 fully saturated rings. The van der Waals surface area contributed by atoms with Crippen LogP contribution in [-0.4, -0.2) is 42.8 Å². The van der Waals surface area contributed by atoms with Crippen molar-refractivity contribution in [2.45, 2.75) is 51.2 Å². The van der Waals surface area contributed by atoms with Crippen molar-refractivity contribution in [2.75, 3.05) is 26.2 Å². The third-order valence-corrected chi connectivity index (χ3v) is 4.60. The van der Waals surface area contributed by atoms with Gasteiger partial charge in [-0.05, 0) is 32.1 Å². The standard InChI is InChI=1S/C13H26N2O/c1-11-5-3-6-13(11,10-14)15-7-4-8-16-12(2)9-15/h11-12H,3-10,14H2,1-2H3. The molecule has 0 bridgehead atoms. The zero-order chi connectivity index (χ0) is 11.6. The Morgan fingerprint density at radius 2 is 2.19 bits per heavy atom. The van der Waals surface area contributed by atoms with Gasteiger partial charge in [-0.25, -0.2) is 0 Å². The van der Waals surface area contributed by atoms with Crippen molar-refractivity contribution in [1.29, 1.82) is 0 Å². The fraction of sp³-hybridized carbons (Fsp3) is 1.00. The summed E-state index contributed by atoms with van der Waals surface area (Å²) in [6.45, 7) is 8.49. The zero-order valence-electron chi connectivity index (χ0n) is 10.7. The molecule has 1 saturated carbocycles. The maximum absolute atomic E-state index is 6.10. The summed E-state index contributed by atoms with van der Waals surface area (Å²) >= 11 is 0. The SMILES string of the molecule is CC1CN(C2(CN)CCCC2C)CCCO1. The molecule has 16 heavy (non-hydrogen) atoms. The van der Waals surface area contributed by atoms with E-state index >= 15 is 0 Å². The second kappa shape index (κ2) is 5.03. The Kier molecular flexibility index (Phi) is 3.88. The molecule has 1 aliphatic carbocycles. The normalized spacial score (nSPS) is 42.2. The average Bonchev–Trinajstić information content (AvgIpc) is 2.51. The lowest BCUT2D eigenvalue weighted by Crippen LogP contribution is -2.57. The molecule has 0 aromatic heterocycles. The van der Waals surface area contributed by atoms with Gasteiger partial charge in [0.25, 0.3) is 0 Å². The first-order valence-electron chi connectivity index (χ1n) is 6.76. The first kappa shape index (κ1) is 12.3. The van der Waals surface area contributed by atoms with E-state index in [2.05, 4.69) is 18.7 Å². The molecule has 3 nitrogen and oxygen atoms in total. The van der Waals surface area contributed by atoms with E-state index in [1.54, 1.807) is 0 Å². The highest BCUT2D eigenvalue weighted by Crippen LogP contribution is 2.40. The Balaban J connectivity index is 2.12. The lowest BCUT2D eigenvalue weighted by Gasteiger charge is -2.44. The lowest BCUT2D eigenvalue weighted by atomic mass is 9.86. The number of hydrogen-bond acceptors (Lipinski definition) is 3. The van der Waals surface area contributed by atoms with Crippen LogP contribution in [0.3, 0.4) is 0 Å². The summed E-state index contributed by atoms with van der Waals surface area (Å²) in [6.07, 6.45) is 5.46. The van der Waals surface area contributed by atoms with Gasteiger partial charge in [0.15, 0.2) is 0 Å². The molecular weight excluding hydrogens is 200 g/mol. The maximum atomic E-state index is 6.10. The Hall–Kier alpha value is -0.120. The van der Waals surface area contributed by atoms with Gasteiger partial charge in [0.1, 0.15) is 0 Å². The highest BCUT2D eigenvalue weighted by Gasteiger charge is 2.44. The third kappa shape index (κ3) is 2.13. The Morgan fingerprint density at radius 1 is 1.38 bits per heavy atom. The molecule has 0 aromatic rings. The number of rotatable bonds is 2. The summed E-state index contributed by atoms with van der Waals surface area (Å²) < 4.78 is 5.73. The monoisotopic (exact) mass is 226 g/mol. The minimum Gasteiger partial charge on any atom is -0.377 e. The second-order valence-electron chi connectivity index (χ2n) is 5.58. The van der Waals surface area contributed by atoms with Crippen LogP contribution >= 0.6 is 0 Å². The molecule has 3 heteroatoms. The fourth-order valence-corrected chi connectivity index (χ4v) is 3.53. The van der Waals surface area contributed by atoms with Crippen molar-refractivity contribution in [2.24, 2.45) is 11.7 Å². The van der Waals surface area contributed by atoms with Gasteiger partial charge in [0, 0.05) is 31.8 Å². The Bertz CT molecular complexity index is 234. The van der Waals surface area contributed by atoms with Gasteiger partial charge < -0.3 is 10.5 Å². The van der Waals surface area contributed by atoms with Gasteiger partial charge >= 0.3 is 0 Å². The summed E-state index contributed by atoms with van der Waals surface area (Å²) in [6, 6.07) is 0. The highest BCUT2D eigenvalue weighted by atomic mass is 16.5. The molecule has 0 aromatic carbocycles. The van der Waals surface area contributed by atoms with Gasteiger partial charge in [-0.2, -0.15) is 0 Å². The van der Waals surface area contributed by atoms with E-state index in [1.165, 1.54) is 19.3 Å². The second-order valence-corrected chi connectivity index (χ2v) is 5.58. The molecule has 1 saturated heterocycles. The van der Waals surface area contributed by atoms with Crippen LogP contribution in [0.1, 0.15) is 39.5 Å². The third-order valence-electron chi connectivity index (χ3n) is 4.60. The molecule has 2 aliphatic rings. The summed E-state index contributed by atoms with van der Waals surface area (Å²) in [5.74, 6) is 0.739. The van der Waals surface area contributed by atoms with E-state index in [-0.39, 0.29) is 5.54 Å². The molecule has 2 N–H and O–H groups in total. The number of nitrogens with zero attached hydrogens (tertiary/aromatic N) is 1. The smallest absolute Gasteiger partial charge is 0.0674 e. The van der Waals surface area contributed by atoms with E-state index in [0.29, 0.717) is 6.10 Å². The summed E-state index contributed by atoms with van der Waals surface area (Å²) in [4.78, 5) is 2.63. The molecule has 3 atom stereocenters. The van der Waals surface area contributed by atoms with Crippen LogP contribution in [0.5, 0.6) is 0 Å². The molecule has 0 radical (unpaired) electrons. The van der Waals surface area contributed by atoms with E-state index in [9.17, 15) is 0 Å². The minimum atomic E-state index is 0.266. The van der Waals surface area contributed by atoms with Crippen LogP contribution < -0.4 is 5.73 Å². The molecule has 2 rings (SSSR count). The van der Waals surface area contributed by atoms with E-state index in [4.69, 9.17) is 10.5 Å². The molecule has 94 valence electrons. The number of ether oxygens (including phenoxy) is 1. The van der Waals surface area contributed by atoms with Crippen LogP contribution in [0.15, 0.2) is 0 Å². The lowest BCUT2D eigenvalue weighted by molar-refractivity contribution is 0.0244. The van der Waals surface area contributed by atoms with Gasteiger partial charge in [-0.15, -0.1) is 0 Å². The zero-order valence-corrected chi connectivity index (χ0v) is 10.7. The van der Waals surface area contributed by atoms with Crippen molar-refractivity contribution in [1.82, 2.24) is 4.90 Å². The maximum Gasteiger partial charge on any atom is 0.0674 e. The molecule has 1 heterocycles. The van der Waals surface area contributed by atoms with Crippen LogP contribution in [0.25, 0.3) is 0 Å². The van der Waals surface area contributed by atoms with E-state index in [0.717, 1.165) is 38.6 Å². The molecule has 1 aliphatic heterocycles. The predicted molar refractivity (Wildman–Crippen MR) is 66.4 cm³/mol. The quantitative estimate of drug-likeness (QED) is 0.777. The highest BCUT2D eigenvalue weighted by molar-refractivity contribution is 5.00. The largest absolute Gasteiger partial charge is 0.377 e. The van der Waals surface area contributed by atoms with Gasteiger partial charge in [-0.3, -0.25) is 4.90 Å². The van der Waals surface area contributed by atoms with Gasteiger partial charge in [0.05, 0.1) is 6.10 Å². The van der Waals surface area contributed by atoms with Crippen LogP contribution in [-0.2, 0) is 4.74 Å². The average molecular weight is 226 g/mol. The van der Waals surface area contributed by atoms with Crippen LogP contribution in [0.2, 0.25) is 0 Å². The topological polar surface area (TPSA) is 38.5 Å². The molecule has 0 spiro atoms. The summed E-state index contributed by atoms with van der Waals surface area (Å²) in [5.41, 5.74) is 6.37. The molecule has 0 amide bonds. The van der Waals surface area contributed by atoms with Gasteiger partial charge in [-0.1, -0.05) is 13.3 Å². The van der Waals surface area contributed by atoms with Crippen molar-refractivity contribution in [3.63, 3.8) is 0 Å². The molecular formula is C13H26N2O. The van der Waals surface area contributed by atoms with Gasteiger partial charge in [0.2, 0.25) is 0 Å². The summed E-state index contributed by atoms with van der Waals surface area (Å²) in [7, 11) is 0. The molecule has 3 unspecified atom stereocenters. The van der Waals surface area contributed by atoms with E-state index < -0.39 is 0 Å². The summed E-state index contributed by atoms with van der Waals surface area (Å²) in [5, 5.41) is 0. The first-order valence-corrected chi connectivity index (χ1v) is 6.76. The predicted octanol–water partition coefficient (Wildman–Crippen LogP) is 1.61. The van der Waals surface area contributed by atoms with Crippen molar-refractivity contribution >= 4 is 0 Å². The first-order chi connectivity index (χ1) is 7.69. The van der Waals surface area contributed by atoms with E-state index in [1.807, 2.05) is 0 Å². The van der Waals surface area contributed by atoms with Crippen molar-refractivity contribution < 1.29 is 4.74 Å².